The van der Waals surface area contributed by atoms with Crippen LogP contribution in [0.2, 0.25) is 0 Å². The van der Waals surface area contributed by atoms with Crippen LogP contribution >= 0.6 is 0 Å². The molecule has 2 aromatic rings. The molecule has 0 bridgehead atoms. The van der Waals surface area contributed by atoms with Gasteiger partial charge in [0.1, 0.15) is 11.4 Å². The number of rotatable bonds is 4. The molecule has 2 heterocycles. The van der Waals surface area contributed by atoms with Gasteiger partial charge in [-0.25, -0.2) is 18.0 Å². The molecule has 10 heteroatoms. The van der Waals surface area contributed by atoms with Crippen LogP contribution in [0.3, 0.4) is 0 Å². The summed E-state index contributed by atoms with van der Waals surface area (Å²) < 4.78 is 41.6. The van der Waals surface area contributed by atoms with Gasteiger partial charge < -0.3 is 5.32 Å². The number of imide groups is 1. The van der Waals surface area contributed by atoms with Gasteiger partial charge in [-0.2, -0.15) is 10.2 Å². The second-order valence-electron chi connectivity index (χ2n) is 7.94. The lowest BCUT2D eigenvalue weighted by Gasteiger charge is -2.34. The summed E-state index contributed by atoms with van der Waals surface area (Å²) >= 11 is 0. The number of urea groups is 1. The smallest absolute Gasteiger partial charge is 0.323 e. The summed E-state index contributed by atoms with van der Waals surface area (Å²) in [4.78, 5) is 38.4. The maximum atomic E-state index is 14.7. The van der Waals surface area contributed by atoms with Crippen molar-refractivity contribution in [2.24, 2.45) is 0 Å². The fourth-order valence-corrected chi connectivity index (χ4v) is 3.98. The molecule has 162 valence electrons. The third-order valence-electron chi connectivity index (χ3n) is 5.85. The van der Waals surface area contributed by atoms with E-state index in [1.807, 2.05) is 0 Å². The van der Waals surface area contributed by atoms with Crippen molar-refractivity contribution < 1.29 is 27.6 Å². The average molecular weight is 432 g/mol. The summed E-state index contributed by atoms with van der Waals surface area (Å²) in [7, 11) is 0. The van der Waals surface area contributed by atoms with Crippen LogP contribution in [0.25, 0.3) is 11.3 Å². The Morgan fingerprint density at radius 2 is 1.87 bits per heavy atom. The minimum Gasteiger partial charge on any atom is -0.323 e. The Labute approximate surface area is 175 Å². The Morgan fingerprint density at radius 3 is 2.52 bits per heavy atom. The fourth-order valence-electron chi connectivity index (χ4n) is 3.98. The number of nitrogens with zero attached hydrogens (tertiary/aromatic N) is 3. The van der Waals surface area contributed by atoms with Crippen LogP contribution in [0.5, 0.6) is 0 Å². The van der Waals surface area contributed by atoms with Gasteiger partial charge in [-0.1, -0.05) is 6.07 Å². The molecule has 0 radical (unpaired) electrons. The molecule has 1 aliphatic heterocycles. The number of aryl methyl sites for hydroxylation is 1. The SMILES string of the molecule is Cc1ccnnc1-c1ccc(C(=O)CN2C(=O)NC3(CCC(F)(F)CC3)C2=O)cc1F. The number of ketones is 1. The number of amides is 3. The van der Waals surface area contributed by atoms with E-state index in [0.29, 0.717) is 16.2 Å². The van der Waals surface area contributed by atoms with Gasteiger partial charge in [0.15, 0.2) is 5.78 Å². The number of halogens is 3. The molecule has 2 fully saturated rings. The van der Waals surface area contributed by atoms with E-state index in [0.717, 1.165) is 6.07 Å². The third kappa shape index (κ3) is 3.77. The van der Waals surface area contributed by atoms with Gasteiger partial charge in [0.05, 0.1) is 12.2 Å². The van der Waals surface area contributed by atoms with E-state index in [1.165, 1.54) is 18.3 Å². The van der Waals surface area contributed by atoms with Gasteiger partial charge >= 0.3 is 6.03 Å². The van der Waals surface area contributed by atoms with Gasteiger partial charge in [0.2, 0.25) is 5.92 Å². The number of hydrogen-bond donors (Lipinski definition) is 1. The van der Waals surface area contributed by atoms with Crippen LogP contribution in [-0.4, -0.2) is 50.8 Å². The number of Topliss-reactive ketones (excluding diaryl/α,β-unsaturated/α-hetero) is 1. The molecule has 1 aliphatic carbocycles. The highest BCUT2D eigenvalue weighted by atomic mass is 19.3. The van der Waals surface area contributed by atoms with E-state index >= 15 is 0 Å². The standard InChI is InChI=1S/C21H19F3N4O3/c1-12-4-9-25-27-17(12)14-3-2-13(10-15(14)22)16(29)11-28-18(30)20(26-19(28)31)5-7-21(23,24)8-6-20/h2-4,9-10H,5-8,11H2,1H3,(H,26,31). The summed E-state index contributed by atoms with van der Waals surface area (Å²) in [6, 6.07) is 4.65. The molecule has 1 saturated heterocycles. The molecule has 1 N–H and O–H groups in total. The molecule has 4 rings (SSSR count). The maximum Gasteiger partial charge on any atom is 0.325 e. The first-order valence-corrected chi connectivity index (χ1v) is 9.75. The second-order valence-corrected chi connectivity index (χ2v) is 7.94. The predicted molar refractivity (Wildman–Crippen MR) is 103 cm³/mol. The molecule has 1 saturated carbocycles. The molecule has 7 nitrogen and oxygen atoms in total. The second kappa shape index (κ2) is 7.44. The minimum atomic E-state index is -2.87. The molecule has 1 aromatic carbocycles. The van der Waals surface area contributed by atoms with Gasteiger partial charge in [-0.3, -0.25) is 14.5 Å². The molecule has 0 atom stereocenters. The average Bonchev–Trinajstić information content (AvgIpc) is 2.95. The lowest BCUT2D eigenvalue weighted by Crippen LogP contribution is -2.51. The molecule has 1 aromatic heterocycles. The molecular formula is C21H19F3N4O3. The van der Waals surface area contributed by atoms with E-state index in [2.05, 4.69) is 15.5 Å². The molecule has 0 unspecified atom stereocenters. The summed E-state index contributed by atoms with van der Waals surface area (Å²) in [6.45, 7) is 1.14. The number of nitrogens with one attached hydrogen (secondary N) is 1. The lowest BCUT2D eigenvalue weighted by molar-refractivity contribution is -0.135. The number of carbonyl (C=O) groups excluding carboxylic acids is 3. The maximum absolute atomic E-state index is 14.7. The Kier molecular flexibility index (Phi) is 5.03. The zero-order valence-electron chi connectivity index (χ0n) is 16.6. The predicted octanol–water partition coefficient (Wildman–Crippen LogP) is 3.27. The number of benzene rings is 1. The van der Waals surface area contributed by atoms with Crippen LogP contribution in [-0.2, 0) is 4.79 Å². The van der Waals surface area contributed by atoms with Crippen LogP contribution in [0.1, 0.15) is 41.6 Å². The topological polar surface area (TPSA) is 92.3 Å². The van der Waals surface area contributed by atoms with Gasteiger partial charge in [0.25, 0.3) is 5.91 Å². The van der Waals surface area contributed by atoms with Crippen molar-refractivity contribution in [3.05, 3.63) is 47.4 Å². The first-order chi connectivity index (χ1) is 14.6. The number of carbonyl (C=O) groups is 3. The van der Waals surface area contributed by atoms with E-state index in [1.54, 1.807) is 13.0 Å². The third-order valence-corrected chi connectivity index (χ3v) is 5.85. The lowest BCUT2D eigenvalue weighted by atomic mass is 9.80. The monoisotopic (exact) mass is 432 g/mol. The van der Waals surface area contributed by atoms with E-state index in [4.69, 9.17) is 0 Å². The molecule has 3 amide bonds. The highest BCUT2D eigenvalue weighted by Crippen LogP contribution is 2.41. The minimum absolute atomic E-state index is 0.0282. The molecule has 31 heavy (non-hydrogen) atoms. The van der Waals surface area contributed by atoms with Gasteiger partial charge in [0, 0.05) is 30.2 Å². The molecular weight excluding hydrogens is 413 g/mol. The van der Waals surface area contributed by atoms with Crippen molar-refractivity contribution >= 4 is 17.7 Å². The summed E-state index contributed by atoms with van der Waals surface area (Å²) in [6.07, 6.45) is 0.0452. The van der Waals surface area contributed by atoms with Gasteiger partial charge in [-0.05, 0) is 43.5 Å². The van der Waals surface area contributed by atoms with E-state index in [9.17, 15) is 27.6 Å². The van der Waals surface area contributed by atoms with Gasteiger partial charge in [-0.15, -0.1) is 0 Å². The van der Waals surface area contributed by atoms with Crippen molar-refractivity contribution in [2.75, 3.05) is 6.54 Å². The molecule has 1 spiro atoms. The fraction of sp³-hybridized carbons (Fsp3) is 0.381. The normalized spacial score (nSPS) is 19.5. The largest absolute Gasteiger partial charge is 0.325 e. The zero-order valence-corrected chi connectivity index (χ0v) is 16.6. The summed E-state index contributed by atoms with van der Waals surface area (Å²) in [5.41, 5.74) is -0.226. The Hall–Kier alpha value is -3.30. The van der Waals surface area contributed by atoms with Crippen molar-refractivity contribution in [1.82, 2.24) is 20.4 Å². The number of alkyl halides is 2. The Morgan fingerprint density at radius 1 is 1.16 bits per heavy atom. The van der Waals surface area contributed by atoms with Crippen LogP contribution in [0.4, 0.5) is 18.0 Å². The zero-order chi connectivity index (χ0) is 22.4. The highest BCUT2D eigenvalue weighted by molar-refractivity contribution is 6.11. The van der Waals surface area contributed by atoms with Crippen molar-refractivity contribution in [1.29, 1.82) is 0 Å². The quantitative estimate of drug-likeness (QED) is 0.591. The Bertz CT molecular complexity index is 1080. The van der Waals surface area contributed by atoms with Crippen molar-refractivity contribution in [3.63, 3.8) is 0 Å². The first-order valence-electron chi connectivity index (χ1n) is 9.75. The highest BCUT2D eigenvalue weighted by Gasteiger charge is 2.55. The van der Waals surface area contributed by atoms with Crippen LogP contribution in [0.15, 0.2) is 30.5 Å². The van der Waals surface area contributed by atoms with Crippen molar-refractivity contribution in [2.45, 2.75) is 44.1 Å². The summed E-state index contributed by atoms with van der Waals surface area (Å²) in [5, 5.41) is 10.1. The summed E-state index contributed by atoms with van der Waals surface area (Å²) in [5.74, 6) is -4.92. The van der Waals surface area contributed by atoms with E-state index < -0.39 is 54.4 Å². The number of aromatic nitrogens is 2. The first kappa shape index (κ1) is 21.0. The van der Waals surface area contributed by atoms with Crippen LogP contribution < -0.4 is 5.32 Å². The Balaban J connectivity index is 1.51. The van der Waals surface area contributed by atoms with E-state index in [-0.39, 0.29) is 24.0 Å². The number of hydrogen-bond acceptors (Lipinski definition) is 5. The molecule has 2 aliphatic rings. The van der Waals surface area contributed by atoms with Crippen molar-refractivity contribution in [3.8, 4) is 11.3 Å². The van der Waals surface area contributed by atoms with Crippen LogP contribution in [0, 0.1) is 12.7 Å².